The average Bonchev–Trinajstić information content (AvgIpc) is 2.74. The second kappa shape index (κ2) is 8.53. The number of fused-ring (bicyclic) bond motifs is 1. The van der Waals surface area contributed by atoms with Gasteiger partial charge in [0, 0.05) is 27.7 Å². The maximum atomic E-state index is 12.7. The molecule has 5 nitrogen and oxygen atoms in total. The molecule has 0 radical (unpaired) electrons. The number of nitrogens with one attached hydrogen (secondary N) is 1. The third kappa shape index (κ3) is 4.08. The van der Waals surface area contributed by atoms with Gasteiger partial charge in [0.05, 0.1) is 21.3 Å². The molecule has 1 unspecified atom stereocenters. The quantitative estimate of drug-likeness (QED) is 0.400. The Hall–Kier alpha value is -2.77. The molecule has 0 saturated heterocycles. The first-order chi connectivity index (χ1) is 14.4. The number of hydrogen-bond acceptors (Lipinski definition) is 4. The fourth-order valence-corrected chi connectivity index (χ4v) is 4.03. The molecule has 0 spiro atoms. The number of carbonyl (C=O) groups excluding carboxylic acids is 1. The van der Waals surface area contributed by atoms with Gasteiger partial charge in [0.25, 0.3) is 5.91 Å². The van der Waals surface area contributed by atoms with E-state index in [0.717, 1.165) is 10.8 Å². The smallest absolute Gasteiger partial charge is 0.257 e. The van der Waals surface area contributed by atoms with Crippen LogP contribution in [0.25, 0.3) is 22.0 Å². The number of pyridine rings is 1. The zero-order valence-corrected chi connectivity index (χ0v) is 17.6. The summed E-state index contributed by atoms with van der Waals surface area (Å²) < 4.78 is 22.1. The topological polar surface area (TPSA) is 82.1 Å². The van der Waals surface area contributed by atoms with Gasteiger partial charge in [-0.25, -0.2) is 0 Å². The first kappa shape index (κ1) is 20.5. The number of benzene rings is 3. The highest BCUT2D eigenvalue weighted by molar-refractivity contribution is 7.79. The predicted octanol–water partition coefficient (Wildman–Crippen LogP) is 5.70. The van der Waals surface area contributed by atoms with Crippen molar-refractivity contribution >= 4 is 56.6 Å². The van der Waals surface area contributed by atoms with Crippen LogP contribution in [0.1, 0.15) is 10.4 Å². The molecule has 1 amide bonds. The van der Waals surface area contributed by atoms with E-state index >= 15 is 0 Å². The maximum absolute atomic E-state index is 12.7. The Kier molecular flexibility index (Phi) is 5.83. The number of aromatic nitrogens is 1. The van der Waals surface area contributed by atoms with Crippen LogP contribution in [0.2, 0.25) is 10.0 Å². The molecule has 0 fully saturated rings. The summed E-state index contributed by atoms with van der Waals surface area (Å²) in [5.74, 6) is -0.470. The summed E-state index contributed by atoms with van der Waals surface area (Å²) >= 11 is 10.1. The summed E-state index contributed by atoms with van der Waals surface area (Å²) in [6.07, 6.45) is 1.71. The summed E-state index contributed by atoms with van der Waals surface area (Å²) in [7, 11) is 0. The van der Waals surface area contributed by atoms with Crippen molar-refractivity contribution in [3.8, 4) is 11.3 Å². The van der Waals surface area contributed by atoms with Crippen molar-refractivity contribution in [2.45, 2.75) is 4.90 Å². The largest absolute Gasteiger partial charge is 0.768 e. The Bertz CT molecular complexity index is 1310. The van der Waals surface area contributed by atoms with Crippen LogP contribution in [0.3, 0.4) is 0 Å². The lowest BCUT2D eigenvalue weighted by molar-refractivity contribution is 0.102. The number of hydrogen-bond donors (Lipinski definition) is 1. The number of amides is 1. The van der Waals surface area contributed by atoms with E-state index in [9.17, 15) is 13.6 Å². The summed E-state index contributed by atoms with van der Waals surface area (Å²) in [6, 6.07) is 18.7. The lowest BCUT2D eigenvalue weighted by atomic mass is 10.0. The fourth-order valence-electron chi connectivity index (χ4n) is 3.10. The van der Waals surface area contributed by atoms with Gasteiger partial charge in [0.1, 0.15) is 0 Å². The third-order valence-corrected chi connectivity index (χ3v) is 5.81. The number of rotatable bonds is 4. The molecule has 1 N–H and O–H groups in total. The van der Waals surface area contributed by atoms with Crippen LogP contribution in [0.15, 0.2) is 77.8 Å². The zero-order chi connectivity index (χ0) is 21.3. The SMILES string of the molecule is O=C(Nc1ccc(Cl)c(-c2nccc3ccccc23)c1)c1ccc(S(=O)[O-])cc1Cl. The third-order valence-electron chi connectivity index (χ3n) is 4.53. The van der Waals surface area contributed by atoms with Crippen molar-refractivity contribution in [2.24, 2.45) is 0 Å². The van der Waals surface area contributed by atoms with Gasteiger partial charge >= 0.3 is 0 Å². The average molecular weight is 456 g/mol. The predicted molar refractivity (Wildman–Crippen MR) is 119 cm³/mol. The van der Waals surface area contributed by atoms with Crippen LogP contribution in [0.4, 0.5) is 5.69 Å². The van der Waals surface area contributed by atoms with Crippen molar-refractivity contribution in [2.75, 3.05) is 5.32 Å². The van der Waals surface area contributed by atoms with Gasteiger partial charge < -0.3 is 9.87 Å². The van der Waals surface area contributed by atoms with Crippen LogP contribution < -0.4 is 5.32 Å². The van der Waals surface area contributed by atoms with E-state index in [2.05, 4.69) is 10.3 Å². The van der Waals surface area contributed by atoms with Crippen molar-refractivity contribution < 1.29 is 13.6 Å². The molecule has 150 valence electrons. The Morgan fingerprint density at radius 2 is 1.77 bits per heavy atom. The van der Waals surface area contributed by atoms with E-state index in [1.165, 1.54) is 18.2 Å². The molecule has 1 atom stereocenters. The van der Waals surface area contributed by atoms with Gasteiger partial charge in [-0.05, 0) is 58.9 Å². The van der Waals surface area contributed by atoms with Crippen LogP contribution in [0.5, 0.6) is 0 Å². The highest BCUT2D eigenvalue weighted by Crippen LogP contribution is 2.34. The first-order valence-corrected chi connectivity index (χ1v) is 10.6. The second-order valence-electron chi connectivity index (χ2n) is 6.41. The lowest BCUT2D eigenvalue weighted by Crippen LogP contribution is -2.12. The molecule has 30 heavy (non-hydrogen) atoms. The number of halogens is 2. The van der Waals surface area contributed by atoms with E-state index in [4.69, 9.17) is 23.2 Å². The minimum atomic E-state index is -2.43. The van der Waals surface area contributed by atoms with Crippen molar-refractivity contribution in [3.63, 3.8) is 0 Å². The van der Waals surface area contributed by atoms with Crippen molar-refractivity contribution in [1.82, 2.24) is 4.98 Å². The monoisotopic (exact) mass is 455 g/mol. The first-order valence-electron chi connectivity index (χ1n) is 8.78. The summed E-state index contributed by atoms with van der Waals surface area (Å²) in [5.41, 5.74) is 2.04. The van der Waals surface area contributed by atoms with Crippen molar-refractivity contribution in [1.29, 1.82) is 0 Å². The zero-order valence-electron chi connectivity index (χ0n) is 15.3. The number of nitrogens with zero attached hydrogens (tertiary/aromatic N) is 1. The summed E-state index contributed by atoms with van der Waals surface area (Å²) in [6.45, 7) is 0. The van der Waals surface area contributed by atoms with Gasteiger partial charge in [0.2, 0.25) is 0 Å². The molecule has 1 aromatic heterocycles. The van der Waals surface area contributed by atoms with Gasteiger partial charge in [-0.3, -0.25) is 14.0 Å². The normalized spacial score (nSPS) is 12.0. The molecule has 0 aliphatic rings. The van der Waals surface area contributed by atoms with Crippen LogP contribution in [-0.2, 0) is 11.1 Å². The molecule has 0 saturated carbocycles. The van der Waals surface area contributed by atoms with E-state index in [0.29, 0.717) is 22.0 Å². The van der Waals surface area contributed by atoms with Gasteiger partial charge in [0.15, 0.2) is 0 Å². The van der Waals surface area contributed by atoms with Crippen LogP contribution >= 0.6 is 23.2 Å². The van der Waals surface area contributed by atoms with Crippen LogP contribution in [-0.4, -0.2) is 19.7 Å². The highest BCUT2D eigenvalue weighted by atomic mass is 35.5. The van der Waals surface area contributed by atoms with Gasteiger partial charge in [-0.2, -0.15) is 0 Å². The van der Waals surface area contributed by atoms with Crippen molar-refractivity contribution in [3.05, 3.63) is 88.5 Å². The molecule has 4 rings (SSSR count). The van der Waals surface area contributed by atoms with Gasteiger partial charge in [-0.1, -0.05) is 47.5 Å². The molecule has 1 heterocycles. The Morgan fingerprint density at radius 3 is 2.53 bits per heavy atom. The summed E-state index contributed by atoms with van der Waals surface area (Å²) in [4.78, 5) is 17.1. The standard InChI is InChI=1S/C22H14Cl2N2O3S/c23-19-8-5-14(26-22(27)17-7-6-15(30(28)29)12-20(17)24)11-18(19)21-16-4-2-1-3-13(16)9-10-25-21/h1-12H,(H,26,27)(H,28,29)/p-1. The molecule has 0 aliphatic carbocycles. The molecule has 0 aliphatic heterocycles. The Balaban J connectivity index is 1.69. The molecular weight excluding hydrogens is 443 g/mol. The van der Waals surface area contributed by atoms with E-state index in [1.54, 1.807) is 24.4 Å². The number of carbonyl (C=O) groups is 1. The van der Waals surface area contributed by atoms with Crippen LogP contribution in [0, 0.1) is 0 Å². The highest BCUT2D eigenvalue weighted by Gasteiger charge is 2.14. The molecular formula is C22H13Cl2N2O3S-. The minimum Gasteiger partial charge on any atom is -0.768 e. The Morgan fingerprint density at radius 1 is 0.967 bits per heavy atom. The molecule has 8 heteroatoms. The maximum Gasteiger partial charge on any atom is 0.257 e. The fraction of sp³-hybridized carbons (Fsp3) is 0. The molecule has 3 aromatic carbocycles. The second-order valence-corrected chi connectivity index (χ2v) is 8.16. The lowest BCUT2D eigenvalue weighted by Gasteiger charge is -2.12. The number of anilines is 1. The molecule has 0 bridgehead atoms. The van der Waals surface area contributed by atoms with E-state index < -0.39 is 17.0 Å². The molecule has 4 aromatic rings. The summed E-state index contributed by atoms with van der Waals surface area (Å²) in [5, 5.41) is 5.27. The van der Waals surface area contributed by atoms with E-state index in [-0.39, 0.29) is 15.5 Å². The van der Waals surface area contributed by atoms with E-state index in [1.807, 2.05) is 30.3 Å². The van der Waals surface area contributed by atoms with Gasteiger partial charge in [-0.15, -0.1) is 0 Å². The Labute approximate surface area is 185 Å². The minimum absolute atomic E-state index is 0.00681.